The molecule has 0 saturated heterocycles. The van der Waals surface area contributed by atoms with Crippen molar-refractivity contribution in [2.24, 2.45) is 34.0 Å². The van der Waals surface area contributed by atoms with E-state index in [0.29, 0.717) is 24.2 Å². The molecule has 4 rings (SSSR count). The van der Waals surface area contributed by atoms with E-state index in [1.807, 2.05) is 6.08 Å². The quantitative estimate of drug-likeness (QED) is 0.666. The smallest absolute Gasteiger partial charge is 0.156 e. The lowest BCUT2D eigenvalue weighted by Crippen LogP contribution is -2.52. The highest BCUT2D eigenvalue weighted by atomic mass is 16.1. The standard InChI is InChI=1S/C23H31O2/c1-14-12-17-18(21(3)9-6-16(25)13-20(14)21)7-11-23(5)19(17)8-10-22(23,4)15(2)24/h12-13,17-19H,4,6-11H2,1-3,5H3. The molecule has 1 radical (unpaired) electrons. The minimum Gasteiger partial charge on any atom is -0.299 e. The van der Waals surface area contributed by atoms with Crippen molar-refractivity contribution in [3.8, 4) is 0 Å². The summed E-state index contributed by atoms with van der Waals surface area (Å²) in [7, 11) is 0. The Bertz CT molecular complexity index is 714. The fraction of sp³-hybridized carbons (Fsp3) is 0.696. The number of fused-ring (bicyclic) bond motifs is 5. The van der Waals surface area contributed by atoms with E-state index in [0.717, 1.165) is 32.1 Å². The van der Waals surface area contributed by atoms with Crippen LogP contribution in [-0.4, -0.2) is 11.6 Å². The third-order valence-electron chi connectivity index (χ3n) is 8.87. The predicted molar refractivity (Wildman–Crippen MR) is 99.7 cm³/mol. The molecule has 0 spiro atoms. The maximum Gasteiger partial charge on any atom is 0.156 e. The van der Waals surface area contributed by atoms with Crippen molar-refractivity contribution in [2.45, 2.75) is 66.2 Å². The largest absolute Gasteiger partial charge is 0.299 e. The van der Waals surface area contributed by atoms with Gasteiger partial charge >= 0.3 is 0 Å². The van der Waals surface area contributed by atoms with E-state index in [9.17, 15) is 9.59 Å². The molecule has 6 unspecified atom stereocenters. The van der Waals surface area contributed by atoms with Gasteiger partial charge in [0, 0.05) is 11.8 Å². The highest BCUT2D eigenvalue weighted by molar-refractivity contribution is 5.92. The van der Waals surface area contributed by atoms with Gasteiger partial charge in [-0.25, -0.2) is 0 Å². The highest BCUT2D eigenvalue weighted by Crippen LogP contribution is 2.69. The van der Waals surface area contributed by atoms with Crippen molar-refractivity contribution in [2.75, 3.05) is 0 Å². The summed E-state index contributed by atoms with van der Waals surface area (Å²) in [6.07, 6.45) is 10.3. The Morgan fingerprint density at radius 3 is 2.52 bits per heavy atom. The SMILES string of the molecule is [CH2]C1(C(C)=O)CCC2C3C=C(C)C4=CC(=O)CCC4(C)C3CCC21C. The van der Waals surface area contributed by atoms with Crippen LogP contribution < -0.4 is 0 Å². The molecular weight excluding hydrogens is 308 g/mol. The molecule has 135 valence electrons. The van der Waals surface area contributed by atoms with Gasteiger partial charge in [-0.2, -0.15) is 0 Å². The number of Topliss-reactive ketones (excluding diaryl/α,β-unsaturated/α-hetero) is 1. The van der Waals surface area contributed by atoms with Gasteiger partial charge in [0.2, 0.25) is 0 Å². The molecule has 0 bridgehead atoms. The molecule has 0 aliphatic heterocycles. The highest BCUT2D eigenvalue weighted by Gasteiger charge is 2.63. The zero-order valence-electron chi connectivity index (χ0n) is 16.2. The minimum atomic E-state index is -0.413. The third kappa shape index (κ3) is 2.03. The van der Waals surface area contributed by atoms with E-state index in [4.69, 9.17) is 0 Å². The Morgan fingerprint density at radius 1 is 1.16 bits per heavy atom. The second-order valence-corrected chi connectivity index (χ2v) is 9.71. The molecule has 25 heavy (non-hydrogen) atoms. The van der Waals surface area contributed by atoms with Gasteiger partial charge in [0.05, 0.1) is 0 Å². The van der Waals surface area contributed by atoms with Gasteiger partial charge in [-0.05, 0) is 93.1 Å². The monoisotopic (exact) mass is 339 g/mol. The van der Waals surface area contributed by atoms with Gasteiger partial charge in [0.1, 0.15) is 5.78 Å². The normalized spacial score (nSPS) is 48.8. The predicted octanol–water partition coefficient (Wildman–Crippen LogP) is 5.09. The van der Waals surface area contributed by atoms with Crippen LogP contribution in [0.4, 0.5) is 0 Å². The maximum atomic E-state index is 12.5. The average molecular weight is 339 g/mol. The van der Waals surface area contributed by atoms with Gasteiger partial charge < -0.3 is 0 Å². The van der Waals surface area contributed by atoms with E-state index in [-0.39, 0.29) is 22.4 Å². The van der Waals surface area contributed by atoms with Crippen LogP contribution in [0.25, 0.3) is 0 Å². The summed E-state index contributed by atoms with van der Waals surface area (Å²) >= 11 is 0. The van der Waals surface area contributed by atoms with Crippen molar-refractivity contribution in [1.29, 1.82) is 0 Å². The van der Waals surface area contributed by atoms with Crippen molar-refractivity contribution >= 4 is 11.6 Å². The summed E-state index contributed by atoms with van der Waals surface area (Å²) in [5, 5.41) is 0. The van der Waals surface area contributed by atoms with Crippen molar-refractivity contribution in [3.63, 3.8) is 0 Å². The van der Waals surface area contributed by atoms with Crippen LogP contribution in [0.5, 0.6) is 0 Å². The Labute approximate surface area is 152 Å². The number of allylic oxidation sites excluding steroid dienone is 4. The first-order valence-electron chi connectivity index (χ1n) is 9.94. The molecule has 2 heteroatoms. The lowest BCUT2D eigenvalue weighted by atomic mass is 9.46. The van der Waals surface area contributed by atoms with Gasteiger partial charge in [0.15, 0.2) is 5.78 Å². The van der Waals surface area contributed by atoms with E-state index >= 15 is 0 Å². The third-order valence-corrected chi connectivity index (χ3v) is 8.87. The summed E-state index contributed by atoms with van der Waals surface area (Å²) in [4.78, 5) is 24.5. The van der Waals surface area contributed by atoms with Crippen molar-refractivity contribution in [1.82, 2.24) is 0 Å². The average Bonchev–Trinajstić information content (AvgIpc) is 2.83. The molecular formula is C23H31O2. The van der Waals surface area contributed by atoms with Gasteiger partial charge in [-0.3, -0.25) is 9.59 Å². The maximum absolute atomic E-state index is 12.5. The number of rotatable bonds is 1. The molecule has 0 amide bonds. The first-order chi connectivity index (χ1) is 11.6. The Hall–Kier alpha value is -1.18. The molecule has 0 aromatic rings. The number of carbonyl (C=O) groups is 2. The molecule has 2 saturated carbocycles. The molecule has 6 atom stereocenters. The van der Waals surface area contributed by atoms with Gasteiger partial charge in [-0.1, -0.05) is 25.5 Å². The molecule has 4 aliphatic carbocycles. The first kappa shape index (κ1) is 17.2. The van der Waals surface area contributed by atoms with Crippen LogP contribution >= 0.6 is 0 Å². The van der Waals surface area contributed by atoms with Gasteiger partial charge in [0.25, 0.3) is 0 Å². The van der Waals surface area contributed by atoms with Crippen molar-refractivity contribution in [3.05, 3.63) is 30.2 Å². The summed E-state index contributed by atoms with van der Waals surface area (Å²) in [6.45, 7) is 13.1. The summed E-state index contributed by atoms with van der Waals surface area (Å²) in [5.41, 5.74) is 2.31. The van der Waals surface area contributed by atoms with Crippen LogP contribution in [0, 0.1) is 40.9 Å². The zero-order valence-corrected chi connectivity index (χ0v) is 16.2. The number of hydrogen-bond acceptors (Lipinski definition) is 2. The van der Waals surface area contributed by atoms with E-state index in [2.05, 4.69) is 33.8 Å². The van der Waals surface area contributed by atoms with Crippen LogP contribution in [-0.2, 0) is 9.59 Å². The van der Waals surface area contributed by atoms with E-state index in [1.54, 1.807) is 6.92 Å². The van der Waals surface area contributed by atoms with Crippen LogP contribution in [0.15, 0.2) is 23.3 Å². The molecule has 0 heterocycles. The second kappa shape index (κ2) is 5.18. The summed E-state index contributed by atoms with van der Waals surface area (Å²) in [5.74, 6) is 2.22. The van der Waals surface area contributed by atoms with Gasteiger partial charge in [-0.15, -0.1) is 0 Å². The summed E-state index contributed by atoms with van der Waals surface area (Å²) < 4.78 is 0. The Balaban J connectivity index is 1.80. The molecule has 0 aromatic heterocycles. The number of ketones is 2. The Kier molecular flexibility index (Phi) is 3.57. The fourth-order valence-corrected chi connectivity index (χ4v) is 7.13. The van der Waals surface area contributed by atoms with Crippen LogP contribution in [0.1, 0.15) is 66.2 Å². The Morgan fingerprint density at radius 2 is 1.84 bits per heavy atom. The zero-order chi connectivity index (χ0) is 18.2. The molecule has 0 N–H and O–H groups in total. The lowest BCUT2D eigenvalue weighted by Gasteiger charge is -2.58. The van der Waals surface area contributed by atoms with E-state index in [1.165, 1.54) is 11.1 Å². The van der Waals surface area contributed by atoms with Crippen LogP contribution in [0.2, 0.25) is 0 Å². The number of hydrogen-bond donors (Lipinski definition) is 0. The van der Waals surface area contributed by atoms with Crippen molar-refractivity contribution < 1.29 is 9.59 Å². The first-order valence-corrected chi connectivity index (χ1v) is 9.94. The molecule has 2 fully saturated rings. The topological polar surface area (TPSA) is 34.1 Å². The summed E-state index contributed by atoms with van der Waals surface area (Å²) in [6, 6.07) is 0. The molecule has 2 nitrogen and oxygen atoms in total. The second-order valence-electron chi connectivity index (χ2n) is 9.71. The van der Waals surface area contributed by atoms with Crippen LogP contribution in [0.3, 0.4) is 0 Å². The lowest BCUT2D eigenvalue weighted by molar-refractivity contribution is -0.134. The molecule has 0 aromatic carbocycles. The minimum absolute atomic E-state index is 0.0127. The van der Waals surface area contributed by atoms with E-state index < -0.39 is 5.41 Å². The number of carbonyl (C=O) groups excluding carboxylic acids is 2. The molecule has 4 aliphatic rings. The fourth-order valence-electron chi connectivity index (χ4n) is 7.13.